The zero-order valence-electron chi connectivity index (χ0n) is 17.4. The van der Waals surface area contributed by atoms with Gasteiger partial charge in [0.25, 0.3) is 0 Å². The molecule has 0 bridgehead atoms. The van der Waals surface area contributed by atoms with Crippen molar-refractivity contribution in [3.8, 4) is 11.1 Å². The van der Waals surface area contributed by atoms with Gasteiger partial charge in [0.15, 0.2) is 0 Å². The summed E-state index contributed by atoms with van der Waals surface area (Å²) in [5.74, 6) is 0.832. The van der Waals surface area contributed by atoms with Crippen molar-refractivity contribution in [3.05, 3.63) is 59.7 Å². The highest BCUT2D eigenvalue weighted by Gasteiger charge is 2.38. The van der Waals surface area contributed by atoms with Crippen LogP contribution < -0.4 is 0 Å². The van der Waals surface area contributed by atoms with E-state index in [-0.39, 0.29) is 12.5 Å². The Morgan fingerprint density at radius 3 is 2.79 bits per heavy atom. The number of piperidine rings is 2. The molecule has 4 nitrogen and oxygen atoms in total. The van der Waals surface area contributed by atoms with Crippen LogP contribution in [0.15, 0.2) is 48.5 Å². The fourth-order valence-electron chi connectivity index (χ4n) is 5.09. The van der Waals surface area contributed by atoms with Gasteiger partial charge in [-0.25, -0.2) is 0 Å². The molecule has 2 atom stereocenters. The average molecular weight is 393 g/mol. The summed E-state index contributed by atoms with van der Waals surface area (Å²) >= 11 is 0. The monoisotopic (exact) mass is 392 g/mol. The van der Waals surface area contributed by atoms with E-state index in [9.17, 15) is 4.79 Å². The number of aliphatic hydroxyl groups excluding tert-OH is 1. The predicted molar refractivity (Wildman–Crippen MR) is 116 cm³/mol. The van der Waals surface area contributed by atoms with Crippen LogP contribution in [-0.4, -0.2) is 53.1 Å². The van der Waals surface area contributed by atoms with Crippen molar-refractivity contribution in [2.75, 3.05) is 26.2 Å². The van der Waals surface area contributed by atoms with Crippen LogP contribution in [0.3, 0.4) is 0 Å². The number of benzene rings is 2. The maximum absolute atomic E-state index is 12.4. The number of carbonyl (C=O) groups is 1. The topological polar surface area (TPSA) is 43.8 Å². The number of aliphatic hydroxyl groups is 1. The van der Waals surface area contributed by atoms with Crippen LogP contribution in [0.25, 0.3) is 11.1 Å². The second kappa shape index (κ2) is 9.10. The summed E-state index contributed by atoms with van der Waals surface area (Å²) in [6, 6.07) is 17.8. The first-order valence-electron chi connectivity index (χ1n) is 10.9. The molecule has 2 saturated heterocycles. The highest BCUT2D eigenvalue weighted by atomic mass is 16.3. The number of hydrogen-bond acceptors (Lipinski definition) is 3. The minimum Gasteiger partial charge on any atom is -0.396 e. The Labute approximate surface area is 174 Å². The van der Waals surface area contributed by atoms with Gasteiger partial charge in [0, 0.05) is 45.2 Å². The highest BCUT2D eigenvalue weighted by Crippen LogP contribution is 2.32. The van der Waals surface area contributed by atoms with Gasteiger partial charge in [-0.1, -0.05) is 42.5 Å². The Morgan fingerprint density at radius 1 is 1.10 bits per heavy atom. The lowest BCUT2D eigenvalue weighted by atomic mass is 9.83. The Balaban J connectivity index is 1.42. The Morgan fingerprint density at radius 2 is 1.97 bits per heavy atom. The first-order chi connectivity index (χ1) is 14.2. The minimum atomic E-state index is 0.157. The van der Waals surface area contributed by atoms with Crippen LogP contribution in [0.4, 0.5) is 0 Å². The normalized spacial score (nSPS) is 22.6. The van der Waals surface area contributed by atoms with Gasteiger partial charge in [-0.05, 0) is 60.4 Å². The molecule has 2 heterocycles. The lowest BCUT2D eigenvalue weighted by molar-refractivity contribution is -0.141. The van der Waals surface area contributed by atoms with Gasteiger partial charge < -0.3 is 10.0 Å². The van der Waals surface area contributed by atoms with Gasteiger partial charge in [0.2, 0.25) is 5.91 Å². The van der Waals surface area contributed by atoms with E-state index in [1.54, 1.807) is 0 Å². The molecule has 2 aliphatic heterocycles. The molecule has 2 aliphatic rings. The average Bonchev–Trinajstić information content (AvgIpc) is 2.74. The van der Waals surface area contributed by atoms with E-state index < -0.39 is 0 Å². The van der Waals surface area contributed by atoms with Crippen LogP contribution in [0.1, 0.15) is 36.8 Å². The van der Waals surface area contributed by atoms with E-state index in [0.717, 1.165) is 32.5 Å². The molecule has 2 fully saturated rings. The van der Waals surface area contributed by atoms with Gasteiger partial charge in [-0.3, -0.25) is 9.69 Å². The molecule has 0 unspecified atom stereocenters. The van der Waals surface area contributed by atoms with Gasteiger partial charge in [0.05, 0.1) is 0 Å². The number of carbonyl (C=O) groups excluding carboxylic acids is 1. The fraction of sp³-hybridized carbons (Fsp3) is 0.480. The molecule has 0 spiro atoms. The summed E-state index contributed by atoms with van der Waals surface area (Å²) in [6.07, 6.45) is 3.38. The molecule has 0 aromatic heterocycles. The van der Waals surface area contributed by atoms with E-state index in [1.165, 1.54) is 22.3 Å². The SMILES string of the molecule is Cc1ccccc1-c1cccc(CN2CC[C@@H]3[C@@H](CCC(=O)N3CCCO)C2)c1. The van der Waals surface area contributed by atoms with Crippen molar-refractivity contribution in [2.45, 2.75) is 45.2 Å². The van der Waals surface area contributed by atoms with Crippen molar-refractivity contribution in [2.24, 2.45) is 5.92 Å². The maximum atomic E-state index is 12.4. The van der Waals surface area contributed by atoms with E-state index in [4.69, 9.17) is 5.11 Å². The smallest absolute Gasteiger partial charge is 0.222 e. The summed E-state index contributed by atoms with van der Waals surface area (Å²) in [4.78, 5) is 17.0. The standard InChI is InChI=1S/C25H32N2O2/c1-19-6-2-3-9-23(19)21-8-4-7-20(16-21)17-26-14-12-24-22(18-26)10-11-25(29)27(24)13-5-15-28/h2-4,6-9,16,22,24,28H,5,10-15,17-18H2,1H3/t22-,24+/m0/s1. The van der Waals surface area contributed by atoms with E-state index in [1.807, 2.05) is 0 Å². The molecule has 154 valence electrons. The number of aryl methyl sites for hydroxylation is 1. The summed E-state index contributed by atoms with van der Waals surface area (Å²) in [5, 5.41) is 9.16. The lowest BCUT2D eigenvalue weighted by Crippen LogP contribution is -2.56. The van der Waals surface area contributed by atoms with E-state index in [0.29, 0.717) is 31.3 Å². The third-order valence-electron chi connectivity index (χ3n) is 6.57. The molecule has 0 aliphatic carbocycles. The highest BCUT2D eigenvalue weighted by molar-refractivity contribution is 5.77. The van der Waals surface area contributed by atoms with Crippen molar-refractivity contribution in [1.82, 2.24) is 9.80 Å². The van der Waals surface area contributed by atoms with E-state index >= 15 is 0 Å². The third kappa shape index (κ3) is 4.54. The number of rotatable bonds is 6. The van der Waals surface area contributed by atoms with E-state index in [2.05, 4.69) is 65.3 Å². The van der Waals surface area contributed by atoms with Crippen LogP contribution in [-0.2, 0) is 11.3 Å². The predicted octanol–water partition coefficient (Wildman–Crippen LogP) is 3.86. The van der Waals surface area contributed by atoms with Gasteiger partial charge in [-0.2, -0.15) is 0 Å². The second-order valence-corrected chi connectivity index (χ2v) is 8.57. The number of fused-ring (bicyclic) bond motifs is 1. The molecular formula is C25H32N2O2. The van der Waals surface area contributed by atoms with Crippen LogP contribution >= 0.6 is 0 Å². The van der Waals surface area contributed by atoms with Gasteiger partial charge in [-0.15, -0.1) is 0 Å². The third-order valence-corrected chi connectivity index (χ3v) is 6.57. The number of hydrogen-bond donors (Lipinski definition) is 1. The second-order valence-electron chi connectivity index (χ2n) is 8.57. The Kier molecular flexibility index (Phi) is 6.31. The maximum Gasteiger partial charge on any atom is 0.222 e. The molecular weight excluding hydrogens is 360 g/mol. The molecule has 1 N–H and O–H groups in total. The van der Waals surface area contributed by atoms with Gasteiger partial charge >= 0.3 is 0 Å². The van der Waals surface area contributed by atoms with Crippen molar-refractivity contribution in [3.63, 3.8) is 0 Å². The zero-order valence-corrected chi connectivity index (χ0v) is 17.4. The number of nitrogens with zero attached hydrogens (tertiary/aromatic N) is 2. The van der Waals surface area contributed by atoms with Crippen LogP contribution in [0.2, 0.25) is 0 Å². The first kappa shape index (κ1) is 20.1. The van der Waals surface area contributed by atoms with Crippen molar-refractivity contribution >= 4 is 5.91 Å². The molecule has 0 saturated carbocycles. The van der Waals surface area contributed by atoms with Crippen molar-refractivity contribution in [1.29, 1.82) is 0 Å². The fourth-order valence-corrected chi connectivity index (χ4v) is 5.09. The molecule has 2 aromatic rings. The zero-order chi connectivity index (χ0) is 20.2. The van der Waals surface area contributed by atoms with Gasteiger partial charge in [0.1, 0.15) is 0 Å². The molecule has 0 radical (unpaired) electrons. The lowest BCUT2D eigenvalue weighted by Gasteiger charge is -2.47. The quantitative estimate of drug-likeness (QED) is 0.812. The summed E-state index contributed by atoms with van der Waals surface area (Å²) in [5.41, 5.74) is 5.25. The molecule has 29 heavy (non-hydrogen) atoms. The largest absolute Gasteiger partial charge is 0.396 e. The van der Waals surface area contributed by atoms with Crippen LogP contribution in [0.5, 0.6) is 0 Å². The summed E-state index contributed by atoms with van der Waals surface area (Å²) in [6.45, 7) is 6.08. The number of amides is 1. The van der Waals surface area contributed by atoms with Crippen molar-refractivity contribution < 1.29 is 9.90 Å². The molecule has 4 rings (SSSR count). The molecule has 1 amide bonds. The summed E-state index contributed by atoms with van der Waals surface area (Å²) in [7, 11) is 0. The minimum absolute atomic E-state index is 0.157. The Bertz CT molecular complexity index is 850. The number of likely N-dealkylation sites (tertiary alicyclic amines) is 2. The van der Waals surface area contributed by atoms with Crippen LogP contribution in [0, 0.1) is 12.8 Å². The first-order valence-corrected chi connectivity index (χ1v) is 10.9. The molecule has 2 aromatic carbocycles. The Hall–Kier alpha value is -2.17. The molecule has 4 heteroatoms. The summed E-state index contributed by atoms with van der Waals surface area (Å²) < 4.78 is 0.